The first-order valence-electron chi connectivity index (χ1n) is 48.6. The lowest BCUT2D eigenvalue weighted by Crippen LogP contribution is -2.56. The van der Waals surface area contributed by atoms with Crippen molar-refractivity contribution in [2.75, 3.05) is 79.8 Å². The van der Waals surface area contributed by atoms with E-state index in [4.69, 9.17) is 66.1 Å². The molecular formula is C100H128BrF12N9O16S. The van der Waals surface area contributed by atoms with Crippen LogP contribution in [0.25, 0.3) is 0 Å². The number of rotatable bonds is 23. The van der Waals surface area contributed by atoms with Gasteiger partial charge < -0.3 is 59.6 Å². The first kappa shape index (κ1) is 105. The van der Waals surface area contributed by atoms with Crippen LogP contribution in [0.3, 0.4) is 0 Å². The van der Waals surface area contributed by atoms with Crippen molar-refractivity contribution in [2.45, 2.75) is 303 Å². The van der Waals surface area contributed by atoms with Gasteiger partial charge in [0.2, 0.25) is 0 Å². The Morgan fingerprint density at radius 1 is 0.417 bits per heavy atom. The number of imide groups is 2. The summed E-state index contributed by atoms with van der Waals surface area (Å²) >= 11 is 8.11. The molecule has 0 bridgehead atoms. The summed E-state index contributed by atoms with van der Waals surface area (Å²) in [5.41, 5.74) is 6.22. The zero-order chi connectivity index (χ0) is 100. The lowest BCUT2D eigenvalue weighted by Gasteiger charge is -2.46. The number of aliphatic imine (C=N–C) groups is 1. The van der Waals surface area contributed by atoms with Gasteiger partial charge in [-0.05, 0) is 329 Å². The number of fused-ring (bicyclic) bond motifs is 12. The van der Waals surface area contributed by atoms with Gasteiger partial charge in [-0.2, -0.15) is 52.7 Å². The highest BCUT2D eigenvalue weighted by Gasteiger charge is 2.72. The number of guanidine groups is 1. The van der Waals surface area contributed by atoms with Gasteiger partial charge >= 0.3 is 36.8 Å². The maximum Gasteiger partial charge on any atom is 0.390 e. The predicted molar refractivity (Wildman–Crippen MR) is 495 cm³/mol. The number of hydrogen-bond acceptors (Lipinski definition) is 19. The second-order valence-corrected chi connectivity index (χ2v) is 43.0. The third-order valence-corrected chi connectivity index (χ3v) is 32.2. The molecule has 7 N–H and O–H groups in total. The van der Waals surface area contributed by atoms with E-state index in [1.165, 1.54) is 25.7 Å². The predicted octanol–water partition coefficient (Wildman–Crippen LogP) is 18.9. The number of benzene rings is 4. The number of methoxy groups -OCH3 is 4. The average Bonchev–Trinajstić information content (AvgIpc) is 1.53. The van der Waals surface area contributed by atoms with Crippen LogP contribution in [-0.4, -0.2) is 201 Å². The monoisotopic (exact) mass is 2050 g/mol. The third kappa shape index (κ3) is 22.2. The minimum absolute atomic E-state index is 0.00347. The number of halogens is 13. The van der Waals surface area contributed by atoms with E-state index in [-0.39, 0.29) is 58.0 Å². The van der Waals surface area contributed by atoms with Gasteiger partial charge in [0.1, 0.15) is 23.0 Å². The van der Waals surface area contributed by atoms with E-state index >= 15 is 0 Å². The van der Waals surface area contributed by atoms with Crippen molar-refractivity contribution in [1.82, 2.24) is 36.0 Å². The standard InChI is InChI=1S/C24H30F3N3O3.C24H29F3N2O4.C24H29F3N2O3S.C21H26N2O4.C4H10O2.C3H4BrF3/c1-32-17-6-8-22(9-7-17)13-16-4-5-18(33-14-15-2-3-15)12-19(16)24(22)20(31)30(21(28)29-24)11-10-23(25,26)27;1-32-17-6-8-22(9-7-17)13-16-4-5-18(33-14-15-2-3-15)12-19(16)24(22)20(30)29(21(31)28-24)11-10-23(25,26)27;1-31-17-6-8-22(9-7-17)13-16-4-5-18(32-14-15-2-3-15)12-19(16)24(22)20(30)29(21(33)28-24)11-10-23(25,26)27;1-26-15-6-8-20(9-7-15)11-14-4-5-16(27-12-13-2-3-13)10-17(14)21(20)18(24)22-19(25)23-21;1-4(2,3)6-5;4-2-1-3(5,6)7/h4-5,12,15,17H,2-3,6-11,13-14H2,1H3,(H2,28,29);4-5,12,15,17H,2-3,6-11,13-14H2,1H3,(H,28,31);4-5,12,15,17H,2-3,6-11,13-14H2,1H3,(H,28,33);4-5,10,13,15H,2-3,6-9,11-12H2,1H3,(H2,22,23,24,25);5H,1-3H3;1-2H2. The number of nitrogens with two attached hydrogens (primary N) is 1. The number of alkyl halides is 13. The zero-order valence-corrected chi connectivity index (χ0v) is 82.0. The molecule has 20 rings (SSSR count). The first-order valence-corrected chi connectivity index (χ1v) is 50.1. The zero-order valence-electron chi connectivity index (χ0n) is 79.6. The lowest BCUT2D eigenvalue weighted by molar-refractivity contribution is -0.306. The second-order valence-electron chi connectivity index (χ2n) is 41.8. The number of nitrogens with one attached hydrogen (secondary N) is 4. The van der Waals surface area contributed by atoms with E-state index < -0.39 is 138 Å². The molecule has 12 aliphatic carbocycles. The largest absolute Gasteiger partial charge is 0.493 e. The molecule has 4 aliphatic heterocycles. The summed E-state index contributed by atoms with van der Waals surface area (Å²) in [4.78, 5) is 91.5. The summed E-state index contributed by atoms with van der Waals surface area (Å²) in [6.45, 7) is 6.24. The van der Waals surface area contributed by atoms with Crippen molar-refractivity contribution in [2.24, 2.45) is 56.1 Å². The lowest BCUT2D eigenvalue weighted by atomic mass is 9.61. The molecule has 8 amide bonds. The fraction of sp³-hybridized carbons (Fsp3) is 0.680. The number of ether oxygens (including phenoxy) is 8. The molecule has 766 valence electrons. The minimum Gasteiger partial charge on any atom is -0.493 e. The third-order valence-electron chi connectivity index (χ3n) is 31.5. The van der Waals surface area contributed by atoms with E-state index in [1.807, 2.05) is 66.7 Å². The number of urea groups is 2. The van der Waals surface area contributed by atoms with Crippen LogP contribution >= 0.6 is 28.1 Å². The van der Waals surface area contributed by atoms with Gasteiger partial charge in [-0.25, -0.2) is 19.5 Å². The molecular weight excluding hydrogens is 1920 g/mol. The molecule has 0 radical (unpaired) electrons. The van der Waals surface area contributed by atoms with Gasteiger partial charge in [0.15, 0.2) is 33.2 Å². The summed E-state index contributed by atoms with van der Waals surface area (Å²) in [6.07, 6.45) is 3.43. The van der Waals surface area contributed by atoms with Gasteiger partial charge in [0, 0.05) is 75.1 Å². The van der Waals surface area contributed by atoms with Crippen LogP contribution in [0.15, 0.2) is 77.8 Å². The van der Waals surface area contributed by atoms with E-state index in [0.717, 1.165) is 175 Å². The fourth-order valence-corrected chi connectivity index (χ4v) is 24.0. The molecule has 8 spiro atoms. The number of hydrogen-bond donors (Lipinski definition) is 6. The summed E-state index contributed by atoms with van der Waals surface area (Å²) in [5, 5.41) is 19.7. The van der Waals surface area contributed by atoms with Crippen LogP contribution in [-0.2, 0) is 90.9 Å². The van der Waals surface area contributed by atoms with Crippen molar-refractivity contribution in [3.63, 3.8) is 0 Å². The smallest absolute Gasteiger partial charge is 0.390 e. The van der Waals surface area contributed by atoms with Gasteiger partial charge in [0.05, 0.1) is 82.1 Å². The van der Waals surface area contributed by atoms with Crippen LogP contribution in [0.1, 0.15) is 245 Å². The highest BCUT2D eigenvalue weighted by molar-refractivity contribution is 9.09. The minimum atomic E-state index is -4.46. The Bertz CT molecular complexity index is 4990. The number of amides is 8. The highest BCUT2D eigenvalue weighted by Crippen LogP contribution is 2.66. The Labute approximate surface area is 815 Å². The SMILES string of the molecule is CC(C)(C)OO.COC1CCC2(CC1)Cc1ccc(OCC3CC3)cc1C21N=C(N)N(CCC(F)(F)F)C1=O.COC1CCC2(CC1)Cc1ccc(OCC3CC3)cc1C21NC(=O)N(CCC(F)(F)F)C1=O.COC1CCC2(CC1)Cc1ccc(OCC3CC3)cc1C21NC(=O)NC1=O.COC1CCC2(CC1)Cc1ccc(OCC3CC3)cc1C21NC(=S)N(CCC(F)(F)F)C1=O.FC(F)(F)CCBr. The van der Waals surface area contributed by atoms with Crippen LogP contribution < -0.4 is 45.9 Å². The van der Waals surface area contributed by atoms with E-state index in [0.29, 0.717) is 111 Å². The van der Waals surface area contributed by atoms with Crippen molar-refractivity contribution in [3.8, 4) is 23.0 Å². The Morgan fingerprint density at radius 3 is 1.04 bits per heavy atom. The first-order chi connectivity index (χ1) is 65.7. The van der Waals surface area contributed by atoms with Gasteiger partial charge in [-0.1, -0.05) is 40.2 Å². The Morgan fingerprint density at radius 2 is 0.719 bits per heavy atom. The topological polar surface area (TPSA) is 302 Å². The Kier molecular flexibility index (Phi) is 31.0. The van der Waals surface area contributed by atoms with E-state index in [1.54, 1.807) is 49.2 Å². The number of thiocarbonyl (C=S) groups is 1. The molecule has 139 heavy (non-hydrogen) atoms. The average molecular weight is 2050 g/mol. The normalized spacial score (nSPS) is 30.2. The molecule has 4 heterocycles. The molecule has 16 aliphatic rings. The number of carbonyl (C=O) groups excluding carboxylic acids is 6. The molecule has 4 atom stereocenters. The summed E-state index contributed by atoms with van der Waals surface area (Å²) in [5.74, 6) is 3.39. The van der Waals surface area contributed by atoms with Gasteiger partial charge in [0.25, 0.3) is 23.6 Å². The molecule has 11 fully saturated rings. The molecule has 0 aromatic heterocycles. The maximum atomic E-state index is 14.0. The number of nitrogens with zero attached hydrogens (tertiary/aromatic N) is 4. The van der Waals surface area contributed by atoms with Gasteiger partial charge in [-0.3, -0.25) is 44.5 Å². The molecule has 3 saturated heterocycles. The molecule has 4 aromatic rings. The van der Waals surface area contributed by atoms with Gasteiger partial charge in [-0.15, -0.1) is 0 Å². The molecule has 8 saturated carbocycles. The Hall–Kier alpha value is -8.34. The van der Waals surface area contributed by atoms with Crippen LogP contribution in [0.5, 0.6) is 23.0 Å². The van der Waals surface area contributed by atoms with Crippen LogP contribution in [0, 0.1) is 45.3 Å². The van der Waals surface area contributed by atoms with Crippen molar-refractivity contribution >= 4 is 74.9 Å². The van der Waals surface area contributed by atoms with Crippen molar-refractivity contribution < 1.29 is 129 Å². The van der Waals surface area contributed by atoms with Crippen LogP contribution in [0.4, 0.5) is 62.3 Å². The highest BCUT2D eigenvalue weighted by atomic mass is 79.9. The molecule has 25 nitrogen and oxygen atoms in total. The molecule has 4 aromatic carbocycles. The summed E-state index contributed by atoms with van der Waals surface area (Å²) in [7, 11) is 6.78. The molecule has 4 unspecified atom stereocenters. The van der Waals surface area contributed by atoms with E-state index in [2.05, 4.69) is 48.2 Å². The Balaban J connectivity index is 0.000000135. The molecule has 39 heteroatoms. The number of carbonyl (C=O) groups is 6. The van der Waals surface area contributed by atoms with Crippen LogP contribution in [0.2, 0.25) is 0 Å². The summed E-state index contributed by atoms with van der Waals surface area (Å²) < 4.78 is 196. The maximum absolute atomic E-state index is 14.0. The summed E-state index contributed by atoms with van der Waals surface area (Å²) in [6, 6.07) is 22.2. The van der Waals surface area contributed by atoms with Crippen molar-refractivity contribution in [3.05, 3.63) is 117 Å². The quantitative estimate of drug-likeness (QED) is 0.0100. The van der Waals surface area contributed by atoms with E-state index in [9.17, 15) is 81.5 Å². The fourth-order valence-electron chi connectivity index (χ4n) is 23.2. The van der Waals surface area contributed by atoms with Crippen molar-refractivity contribution in [1.29, 1.82) is 0 Å². The second kappa shape index (κ2) is 41.0.